The van der Waals surface area contributed by atoms with Gasteiger partial charge in [0.05, 0.1) is 11.0 Å². The second-order valence-corrected chi connectivity index (χ2v) is 4.92. The number of fused-ring (bicyclic) bond motifs is 1. The van der Waals surface area contributed by atoms with Gasteiger partial charge in [0.1, 0.15) is 5.52 Å². The Morgan fingerprint density at radius 3 is 2.74 bits per heavy atom. The van der Waals surface area contributed by atoms with Gasteiger partial charge in [-0.05, 0) is 24.0 Å². The molecule has 0 fully saturated rings. The lowest BCUT2D eigenvalue weighted by atomic mass is 9.96. The van der Waals surface area contributed by atoms with Crippen LogP contribution in [0, 0.1) is 16.0 Å². The van der Waals surface area contributed by atoms with E-state index in [4.69, 9.17) is 0 Å². The summed E-state index contributed by atoms with van der Waals surface area (Å²) in [7, 11) is 0. The van der Waals surface area contributed by atoms with E-state index in [2.05, 4.69) is 4.98 Å². The lowest BCUT2D eigenvalue weighted by Crippen LogP contribution is -2.17. The van der Waals surface area contributed by atoms with Crippen molar-refractivity contribution in [1.82, 2.24) is 4.98 Å². The summed E-state index contributed by atoms with van der Waals surface area (Å²) in [6.07, 6.45) is 1.54. The smallest absolute Gasteiger partial charge is 0.295 e. The zero-order valence-corrected chi connectivity index (χ0v) is 10.9. The highest BCUT2D eigenvalue weighted by atomic mass is 16.6. The summed E-state index contributed by atoms with van der Waals surface area (Å²) >= 11 is 0. The van der Waals surface area contributed by atoms with Gasteiger partial charge in [-0.3, -0.25) is 10.1 Å². The van der Waals surface area contributed by atoms with Crippen LogP contribution in [-0.2, 0) is 6.42 Å². The lowest BCUT2D eigenvalue weighted by molar-refractivity contribution is -0.383. The number of nitrogens with zero attached hydrogens (tertiary/aromatic N) is 2. The molecule has 2 rings (SSSR count). The van der Waals surface area contributed by atoms with Crippen LogP contribution in [0.15, 0.2) is 30.5 Å². The largest absolute Gasteiger partial charge is 0.393 e. The zero-order chi connectivity index (χ0) is 14.0. The number of aliphatic hydroxyl groups is 1. The molecule has 0 saturated carbocycles. The molecule has 0 radical (unpaired) electrons. The first-order valence-corrected chi connectivity index (χ1v) is 6.19. The molecule has 5 nitrogen and oxygen atoms in total. The third-order valence-electron chi connectivity index (χ3n) is 3.23. The number of hydrogen-bond acceptors (Lipinski definition) is 4. The fourth-order valence-electron chi connectivity index (χ4n) is 2.00. The average Bonchev–Trinajstić information content (AvgIpc) is 2.38. The number of nitro benzene ring substituents is 1. The molecule has 0 spiro atoms. The molecule has 100 valence electrons. The van der Waals surface area contributed by atoms with E-state index in [1.165, 1.54) is 12.3 Å². The first kappa shape index (κ1) is 13.4. The minimum atomic E-state index is -0.468. The number of non-ortho nitro benzene ring substituents is 1. The number of aliphatic hydroxyl groups excluding tert-OH is 1. The number of rotatable bonds is 4. The van der Waals surface area contributed by atoms with Gasteiger partial charge in [-0.15, -0.1) is 0 Å². The number of hydrogen-bond donors (Lipinski definition) is 1. The fraction of sp³-hybridized carbons (Fsp3) is 0.357. The van der Waals surface area contributed by atoms with Crippen molar-refractivity contribution in [3.63, 3.8) is 0 Å². The maximum Gasteiger partial charge on any atom is 0.295 e. The van der Waals surface area contributed by atoms with E-state index >= 15 is 0 Å². The van der Waals surface area contributed by atoms with Crippen molar-refractivity contribution in [2.45, 2.75) is 26.4 Å². The fourth-order valence-corrected chi connectivity index (χ4v) is 2.00. The molecule has 1 heterocycles. The Morgan fingerprint density at radius 1 is 1.37 bits per heavy atom. The van der Waals surface area contributed by atoms with Gasteiger partial charge in [-0.2, -0.15) is 0 Å². The maximum absolute atomic E-state index is 11.0. The Labute approximate surface area is 111 Å². The van der Waals surface area contributed by atoms with Gasteiger partial charge in [0.2, 0.25) is 0 Å². The Morgan fingerprint density at radius 2 is 2.11 bits per heavy atom. The van der Waals surface area contributed by atoms with Gasteiger partial charge in [-0.1, -0.05) is 26.0 Å². The van der Waals surface area contributed by atoms with Gasteiger partial charge >= 0.3 is 0 Å². The van der Waals surface area contributed by atoms with Crippen LogP contribution in [0.1, 0.15) is 19.4 Å². The maximum atomic E-state index is 11.0. The Bertz CT molecular complexity index is 611. The van der Waals surface area contributed by atoms with E-state index < -0.39 is 11.0 Å². The highest BCUT2D eigenvalue weighted by Gasteiger charge is 2.17. The normalized spacial score (nSPS) is 12.8. The molecule has 0 amide bonds. The Hall–Kier alpha value is -2.01. The van der Waals surface area contributed by atoms with Crippen LogP contribution in [0.25, 0.3) is 10.9 Å². The Kier molecular flexibility index (Phi) is 3.76. The molecule has 1 aromatic carbocycles. The minimum absolute atomic E-state index is 0.00149. The van der Waals surface area contributed by atoms with E-state index in [-0.39, 0.29) is 11.6 Å². The third kappa shape index (κ3) is 2.71. The number of nitro groups is 1. The van der Waals surface area contributed by atoms with E-state index in [1.807, 2.05) is 13.8 Å². The molecule has 1 aromatic heterocycles. The van der Waals surface area contributed by atoms with Gasteiger partial charge in [0.25, 0.3) is 5.69 Å². The predicted octanol–water partition coefficient (Wildman–Crippen LogP) is 2.70. The van der Waals surface area contributed by atoms with Crippen molar-refractivity contribution in [2.75, 3.05) is 0 Å². The molecule has 0 aliphatic rings. The first-order valence-electron chi connectivity index (χ1n) is 6.19. The van der Waals surface area contributed by atoms with Crippen LogP contribution in [0.3, 0.4) is 0 Å². The Balaban J connectivity index is 2.53. The van der Waals surface area contributed by atoms with Gasteiger partial charge in [-0.25, -0.2) is 4.98 Å². The molecule has 1 N–H and O–H groups in total. The summed E-state index contributed by atoms with van der Waals surface area (Å²) < 4.78 is 0. The van der Waals surface area contributed by atoms with Crippen LogP contribution in [0.5, 0.6) is 0 Å². The van der Waals surface area contributed by atoms with Crippen LogP contribution in [0.4, 0.5) is 5.69 Å². The minimum Gasteiger partial charge on any atom is -0.393 e. The molecule has 0 aliphatic heterocycles. The van der Waals surface area contributed by atoms with Crippen molar-refractivity contribution in [3.8, 4) is 0 Å². The number of aromatic nitrogens is 1. The molecule has 0 aliphatic carbocycles. The summed E-state index contributed by atoms with van der Waals surface area (Å²) in [5, 5.41) is 21.7. The van der Waals surface area contributed by atoms with Crippen molar-refractivity contribution >= 4 is 16.6 Å². The summed E-state index contributed by atoms with van der Waals surface area (Å²) in [4.78, 5) is 14.6. The molecule has 5 heteroatoms. The molecule has 1 unspecified atom stereocenters. The van der Waals surface area contributed by atoms with Crippen molar-refractivity contribution in [1.29, 1.82) is 0 Å². The first-order chi connectivity index (χ1) is 9.00. The predicted molar refractivity (Wildman–Crippen MR) is 72.9 cm³/mol. The van der Waals surface area contributed by atoms with Crippen molar-refractivity contribution in [3.05, 3.63) is 46.1 Å². The van der Waals surface area contributed by atoms with Crippen LogP contribution < -0.4 is 0 Å². The summed E-state index contributed by atoms with van der Waals surface area (Å²) in [6.45, 7) is 3.88. The van der Waals surface area contributed by atoms with Crippen LogP contribution in [0.2, 0.25) is 0 Å². The zero-order valence-electron chi connectivity index (χ0n) is 10.9. The second kappa shape index (κ2) is 5.32. The summed E-state index contributed by atoms with van der Waals surface area (Å²) in [5.41, 5.74) is 1.26. The highest BCUT2D eigenvalue weighted by molar-refractivity contribution is 5.89. The number of benzene rings is 1. The summed E-state index contributed by atoms with van der Waals surface area (Å²) in [6, 6.07) is 6.71. The van der Waals surface area contributed by atoms with Crippen molar-refractivity contribution < 1.29 is 10.0 Å². The molecule has 2 aromatic rings. The van der Waals surface area contributed by atoms with Crippen molar-refractivity contribution in [2.24, 2.45) is 5.92 Å². The van der Waals surface area contributed by atoms with E-state index in [0.717, 1.165) is 10.9 Å². The monoisotopic (exact) mass is 260 g/mol. The van der Waals surface area contributed by atoms with Gasteiger partial charge in [0.15, 0.2) is 0 Å². The molecule has 1 atom stereocenters. The topological polar surface area (TPSA) is 76.3 Å². The standard InChI is InChI=1S/C14H16N2O3/c1-9(2)13(17)8-10-5-6-12(16(18)19)14-11(10)4-3-7-15-14/h3-7,9,13,17H,8H2,1-2H3. The van der Waals surface area contributed by atoms with Gasteiger partial charge in [0, 0.05) is 17.6 Å². The molecule has 19 heavy (non-hydrogen) atoms. The number of pyridine rings is 1. The van der Waals surface area contributed by atoms with E-state index in [9.17, 15) is 15.2 Å². The van der Waals surface area contributed by atoms with E-state index in [0.29, 0.717) is 11.9 Å². The highest BCUT2D eigenvalue weighted by Crippen LogP contribution is 2.27. The molecular weight excluding hydrogens is 244 g/mol. The van der Waals surface area contributed by atoms with Crippen LogP contribution in [-0.4, -0.2) is 21.1 Å². The van der Waals surface area contributed by atoms with Gasteiger partial charge < -0.3 is 5.11 Å². The lowest BCUT2D eigenvalue weighted by Gasteiger charge is -2.15. The molecule has 0 bridgehead atoms. The SMILES string of the molecule is CC(C)C(O)Cc1ccc([N+](=O)[O-])c2ncccc12. The quantitative estimate of drug-likeness (QED) is 0.677. The summed E-state index contributed by atoms with van der Waals surface area (Å²) in [5.74, 6) is 0.141. The molecular formula is C14H16N2O3. The average molecular weight is 260 g/mol. The van der Waals surface area contributed by atoms with E-state index in [1.54, 1.807) is 18.2 Å². The second-order valence-electron chi connectivity index (χ2n) is 4.92. The van der Waals surface area contributed by atoms with Crippen LogP contribution >= 0.6 is 0 Å². The molecule has 0 saturated heterocycles. The third-order valence-corrected chi connectivity index (χ3v) is 3.23.